The van der Waals surface area contributed by atoms with Crippen molar-refractivity contribution in [3.05, 3.63) is 11.5 Å². The molecule has 0 aliphatic carbocycles. The van der Waals surface area contributed by atoms with Crippen LogP contribution < -0.4 is 11.1 Å². The third kappa shape index (κ3) is 0.850. The molecule has 0 aromatic carbocycles. The van der Waals surface area contributed by atoms with E-state index in [0.717, 1.165) is 0 Å². The number of β-amino-alcohol motifs (C(OH)–C–C–N with tert-alkyl or cyclic N) is 1. The van der Waals surface area contributed by atoms with Crippen molar-refractivity contribution in [3.8, 4) is 0 Å². The van der Waals surface area contributed by atoms with Gasteiger partial charge in [-0.3, -0.25) is 4.79 Å². The number of amides is 1. The molecule has 0 bridgehead atoms. The Bertz CT molecular complexity index is 333. The quantitative estimate of drug-likeness (QED) is 0.464. The van der Waals surface area contributed by atoms with E-state index in [1.807, 2.05) is 0 Å². The van der Waals surface area contributed by atoms with E-state index in [9.17, 15) is 9.90 Å². The number of aromatic nitrogens is 1. The molecule has 12 heavy (non-hydrogen) atoms. The normalized spacial score (nSPS) is 21.8. The molecular weight excluding hydrogens is 162 g/mol. The number of hydrogen-bond donors (Lipinski definition) is 3. The van der Waals surface area contributed by atoms with E-state index in [4.69, 9.17) is 10.2 Å². The minimum atomic E-state index is -0.845. The summed E-state index contributed by atoms with van der Waals surface area (Å²) >= 11 is 0. The van der Waals surface area contributed by atoms with Crippen LogP contribution in [0.25, 0.3) is 0 Å². The zero-order chi connectivity index (χ0) is 8.72. The summed E-state index contributed by atoms with van der Waals surface area (Å²) in [5.41, 5.74) is 5.29. The highest BCUT2D eigenvalue weighted by atomic mass is 16.4. The van der Waals surface area contributed by atoms with Gasteiger partial charge in [0.2, 0.25) is 0 Å². The lowest BCUT2D eigenvalue weighted by Gasteiger charge is -2.14. The number of nitrogens with zero attached hydrogens (tertiary/aromatic N) is 1. The number of fused-ring (bicyclic) bond motifs is 1. The Morgan fingerprint density at radius 3 is 3.17 bits per heavy atom. The number of nitrogen functional groups attached to an aromatic ring is 1. The van der Waals surface area contributed by atoms with Crippen LogP contribution in [-0.2, 0) is 0 Å². The van der Waals surface area contributed by atoms with Crippen molar-refractivity contribution in [1.82, 2.24) is 10.3 Å². The summed E-state index contributed by atoms with van der Waals surface area (Å²) in [6, 6.07) is -0.101. The number of carbonyl (C=O) groups is 1. The van der Waals surface area contributed by atoms with Crippen molar-refractivity contribution in [3.63, 3.8) is 0 Å². The second-order valence-corrected chi connectivity index (χ2v) is 2.49. The standard InChI is InChI=1S/C6H7N3O3/c7-6-9-3-4(12-6)2(10)1-8-5(3)11/h2,10H,1H2,(H2,7,9)(H,8,11). The third-order valence-electron chi connectivity index (χ3n) is 1.64. The molecule has 6 heteroatoms. The molecule has 1 aliphatic heterocycles. The van der Waals surface area contributed by atoms with Gasteiger partial charge in [0.15, 0.2) is 11.5 Å². The molecule has 1 aliphatic rings. The fourth-order valence-electron chi connectivity index (χ4n) is 1.10. The molecule has 1 amide bonds. The molecule has 4 N–H and O–H groups in total. The van der Waals surface area contributed by atoms with Gasteiger partial charge in [-0.15, -0.1) is 0 Å². The van der Waals surface area contributed by atoms with Gasteiger partial charge in [0.25, 0.3) is 11.9 Å². The summed E-state index contributed by atoms with van der Waals surface area (Å²) < 4.78 is 4.84. The van der Waals surface area contributed by atoms with Crippen LogP contribution in [0.2, 0.25) is 0 Å². The first kappa shape index (κ1) is 7.11. The van der Waals surface area contributed by atoms with Crippen molar-refractivity contribution in [2.45, 2.75) is 6.10 Å². The Labute approximate surface area is 67.4 Å². The molecule has 1 atom stereocenters. The van der Waals surface area contributed by atoms with E-state index in [0.29, 0.717) is 0 Å². The molecule has 0 saturated carbocycles. The highest BCUT2D eigenvalue weighted by Crippen LogP contribution is 2.23. The predicted molar refractivity (Wildman–Crippen MR) is 38.2 cm³/mol. The van der Waals surface area contributed by atoms with Crippen LogP contribution in [0.1, 0.15) is 22.4 Å². The number of aliphatic hydroxyl groups excluding tert-OH is 1. The SMILES string of the molecule is Nc1nc2c(o1)C(O)CNC2=O. The highest BCUT2D eigenvalue weighted by Gasteiger charge is 2.29. The first-order valence-electron chi connectivity index (χ1n) is 3.41. The van der Waals surface area contributed by atoms with E-state index >= 15 is 0 Å². The lowest BCUT2D eigenvalue weighted by atomic mass is 10.1. The molecule has 0 spiro atoms. The van der Waals surface area contributed by atoms with Crippen molar-refractivity contribution in [2.75, 3.05) is 12.3 Å². The van der Waals surface area contributed by atoms with Crippen molar-refractivity contribution >= 4 is 11.9 Å². The summed E-state index contributed by atoms with van der Waals surface area (Å²) in [7, 11) is 0. The van der Waals surface area contributed by atoms with Gasteiger partial charge in [-0.25, -0.2) is 0 Å². The minimum absolute atomic E-state index is 0.0752. The average Bonchev–Trinajstić information content (AvgIpc) is 2.41. The van der Waals surface area contributed by atoms with Crippen LogP contribution in [0.4, 0.5) is 6.01 Å². The maximum absolute atomic E-state index is 11.0. The Balaban J connectivity index is 2.54. The van der Waals surface area contributed by atoms with Crippen LogP contribution >= 0.6 is 0 Å². The molecule has 0 fully saturated rings. The number of oxazole rings is 1. The molecule has 2 rings (SSSR count). The fourth-order valence-corrected chi connectivity index (χ4v) is 1.10. The van der Waals surface area contributed by atoms with E-state index in [-0.39, 0.29) is 29.9 Å². The van der Waals surface area contributed by atoms with Crippen molar-refractivity contribution < 1.29 is 14.3 Å². The monoisotopic (exact) mass is 169 g/mol. The van der Waals surface area contributed by atoms with E-state index < -0.39 is 6.10 Å². The molecule has 1 unspecified atom stereocenters. The van der Waals surface area contributed by atoms with Crippen LogP contribution in [0, 0.1) is 0 Å². The van der Waals surface area contributed by atoms with Gasteiger partial charge < -0.3 is 20.6 Å². The Morgan fingerprint density at radius 1 is 1.75 bits per heavy atom. The minimum Gasteiger partial charge on any atom is -0.425 e. The summed E-state index contributed by atoms with van der Waals surface area (Å²) in [5, 5.41) is 11.7. The van der Waals surface area contributed by atoms with Gasteiger partial charge in [-0.1, -0.05) is 0 Å². The van der Waals surface area contributed by atoms with Gasteiger partial charge in [-0.2, -0.15) is 4.98 Å². The number of rotatable bonds is 0. The molecule has 0 radical (unpaired) electrons. The molecule has 1 aromatic rings. The number of nitrogens with one attached hydrogen (secondary N) is 1. The second-order valence-electron chi connectivity index (χ2n) is 2.49. The molecule has 0 saturated heterocycles. The largest absolute Gasteiger partial charge is 0.425 e. The van der Waals surface area contributed by atoms with Crippen molar-refractivity contribution in [1.29, 1.82) is 0 Å². The van der Waals surface area contributed by atoms with Gasteiger partial charge >= 0.3 is 0 Å². The van der Waals surface area contributed by atoms with Crippen LogP contribution in [-0.4, -0.2) is 22.5 Å². The van der Waals surface area contributed by atoms with Crippen LogP contribution in [0.5, 0.6) is 0 Å². The number of aliphatic hydroxyl groups is 1. The zero-order valence-corrected chi connectivity index (χ0v) is 6.07. The van der Waals surface area contributed by atoms with Crippen LogP contribution in [0.3, 0.4) is 0 Å². The molecule has 2 heterocycles. The maximum atomic E-state index is 11.0. The first-order chi connectivity index (χ1) is 5.68. The summed E-state index contributed by atoms with van der Waals surface area (Å²) in [6.07, 6.45) is -0.845. The zero-order valence-electron chi connectivity index (χ0n) is 6.07. The Morgan fingerprint density at radius 2 is 2.50 bits per heavy atom. The topological polar surface area (TPSA) is 101 Å². The first-order valence-corrected chi connectivity index (χ1v) is 3.41. The van der Waals surface area contributed by atoms with E-state index in [1.54, 1.807) is 0 Å². The molecular formula is C6H7N3O3. The Kier molecular flexibility index (Phi) is 1.31. The molecule has 6 nitrogen and oxygen atoms in total. The maximum Gasteiger partial charge on any atom is 0.292 e. The van der Waals surface area contributed by atoms with Crippen LogP contribution in [0.15, 0.2) is 4.42 Å². The molecule has 1 aromatic heterocycles. The number of anilines is 1. The smallest absolute Gasteiger partial charge is 0.292 e. The van der Waals surface area contributed by atoms with E-state index in [1.165, 1.54) is 0 Å². The summed E-state index contributed by atoms with van der Waals surface area (Å²) in [4.78, 5) is 14.7. The predicted octanol–water partition coefficient (Wildman–Crippen LogP) is -0.966. The summed E-state index contributed by atoms with van der Waals surface area (Å²) in [5.74, 6) is -0.216. The average molecular weight is 169 g/mol. The second kappa shape index (κ2) is 2.21. The Hall–Kier alpha value is -1.56. The number of nitrogens with two attached hydrogens (primary N) is 1. The highest BCUT2D eigenvalue weighted by molar-refractivity contribution is 5.94. The number of hydrogen-bond acceptors (Lipinski definition) is 5. The van der Waals surface area contributed by atoms with Gasteiger partial charge in [0.1, 0.15) is 6.10 Å². The van der Waals surface area contributed by atoms with E-state index in [2.05, 4.69) is 10.3 Å². The van der Waals surface area contributed by atoms with Crippen molar-refractivity contribution in [2.24, 2.45) is 0 Å². The lowest BCUT2D eigenvalue weighted by Crippen LogP contribution is -2.34. The lowest BCUT2D eigenvalue weighted by molar-refractivity contribution is 0.0837. The van der Waals surface area contributed by atoms with Gasteiger partial charge in [0, 0.05) is 0 Å². The summed E-state index contributed by atoms with van der Waals surface area (Å²) in [6.45, 7) is 0.139. The van der Waals surface area contributed by atoms with Gasteiger partial charge in [-0.05, 0) is 0 Å². The third-order valence-corrected chi connectivity index (χ3v) is 1.64. The fraction of sp³-hybridized carbons (Fsp3) is 0.333. The van der Waals surface area contributed by atoms with Gasteiger partial charge in [0.05, 0.1) is 6.54 Å². The number of carbonyl (C=O) groups excluding carboxylic acids is 1. The molecule has 64 valence electrons.